The van der Waals surface area contributed by atoms with Crippen LogP contribution in [0.25, 0.3) is 33.4 Å². The molecule has 8 heteroatoms. The molecule has 0 saturated heterocycles. The molecule has 1 amide bonds. The lowest BCUT2D eigenvalue weighted by atomic mass is 10.1. The first-order chi connectivity index (χ1) is 14.6. The van der Waals surface area contributed by atoms with E-state index in [2.05, 4.69) is 31.4 Å². The van der Waals surface area contributed by atoms with Crippen molar-refractivity contribution in [2.45, 2.75) is 13.5 Å². The second-order valence-electron chi connectivity index (χ2n) is 7.22. The number of fused-ring (bicyclic) bond motifs is 1. The summed E-state index contributed by atoms with van der Waals surface area (Å²) in [6.45, 7) is 3.17. The highest BCUT2D eigenvalue weighted by atomic mass is 16.1. The summed E-state index contributed by atoms with van der Waals surface area (Å²) in [5, 5.41) is 8.33. The molecule has 3 heterocycles. The molecule has 1 aromatic carbocycles. The molecule has 30 heavy (non-hydrogen) atoms. The largest absolute Gasteiger partial charge is 0.362 e. The first-order valence-electron chi connectivity index (χ1n) is 9.67. The number of aryl methyl sites for hydroxylation is 1. The van der Waals surface area contributed by atoms with Gasteiger partial charge in [0.1, 0.15) is 12.1 Å². The van der Waals surface area contributed by atoms with Crippen LogP contribution in [0.4, 0.5) is 5.82 Å². The molecule has 3 aromatic heterocycles. The Hall–Kier alpha value is -3.81. The average Bonchev–Trinajstić information content (AvgIpc) is 3.13. The smallest absolute Gasteiger partial charge is 0.207 e. The van der Waals surface area contributed by atoms with Crippen molar-refractivity contribution in [1.29, 1.82) is 0 Å². The molecule has 0 atom stereocenters. The van der Waals surface area contributed by atoms with E-state index in [1.54, 1.807) is 12.5 Å². The molecule has 4 rings (SSSR count). The fourth-order valence-corrected chi connectivity index (χ4v) is 3.41. The molecule has 4 aromatic rings. The minimum Gasteiger partial charge on any atom is -0.362 e. The number of nitrogens with zero attached hydrogens (tertiary/aromatic N) is 6. The highest BCUT2D eigenvalue weighted by Gasteiger charge is 2.11. The van der Waals surface area contributed by atoms with Crippen LogP contribution >= 0.6 is 0 Å². The van der Waals surface area contributed by atoms with Crippen LogP contribution in [0, 0.1) is 6.92 Å². The van der Waals surface area contributed by atoms with Crippen molar-refractivity contribution in [2.75, 3.05) is 25.5 Å². The van der Waals surface area contributed by atoms with Crippen molar-refractivity contribution in [3.63, 3.8) is 0 Å². The lowest BCUT2D eigenvalue weighted by molar-refractivity contribution is -0.109. The number of nitrogens with one attached hydrogen (secondary N) is 1. The van der Waals surface area contributed by atoms with Crippen LogP contribution in [0.15, 0.2) is 48.9 Å². The van der Waals surface area contributed by atoms with Gasteiger partial charge in [-0.3, -0.25) is 14.5 Å². The van der Waals surface area contributed by atoms with Crippen LogP contribution in [0.1, 0.15) is 5.69 Å². The van der Waals surface area contributed by atoms with Crippen molar-refractivity contribution in [2.24, 2.45) is 0 Å². The minimum atomic E-state index is 0.542. The van der Waals surface area contributed by atoms with Crippen LogP contribution in [0.3, 0.4) is 0 Å². The second-order valence-corrected chi connectivity index (χ2v) is 7.22. The van der Waals surface area contributed by atoms with Gasteiger partial charge in [-0.1, -0.05) is 6.07 Å². The topological polar surface area (TPSA) is 88.8 Å². The summed E-state index contributed by atoms with van der Waals surface area (Å²) in [4.78, 5) is 25.8. The van der Waals surface area contributed by atoms with Crippen LogP contribution in [0.5, 0.6) is 0 Å². The first-order valence-corrected chi connectivity index (χ1v) is 9.67. The number of rotatable bonds is 7. The predicted molar refractivity (Wildman–Crippen MR) is 117 cm³/mol. The summed E-state index contributed by atoms with van der Waals surface area (Å²) >= 11 is 0. The fraction of sp³-hybridized carbons (Fsp3) is 0.227. The lowest BCUT2D eigenvalue weighted by Crippen LogP contribution is -2.19. The van der Waals surface area contributed by atoms with Gasteiger partial charge in [-0.05, 0) is 37.3 Å². The van der Waals surface area contributed by atoms with Crippen molar-refractivity contribution in [3.05, 3.63) is 54.6 Å². The standard InChI is InChI=1S/C22H23N7O/c1-15-10-21(27-29(15)9-8-23-14-30)17-6-7-24-20(12-17)16-4-5-19-18(11-16)22(28(2)3)26-13-25-19/h4-7,10-14H,8-9H2,1-3H3,(H,23,30). The van der Waals surface area contributed by atoms with E-state index in [1.807, 2.05) is 60.9 Å². The number of amides is 1. The summed E-state index contributed by atoms with van der Waals surface area (Å²) in [7, 11) is 3.94. The number of anilines is 1. The van der Waals surface area contributed by atoms with Gasteiger partial charge in [0.05, 0.1) is 23.4 Å². The van der Waals surface area contributed by atoms with Crippen LogP contribution in [-0.4, -0.2) is 51.8 Å². The van der Waals surface area contributed by atoms with Gasteiger partial charge in [0.15, 0.2) is 0 Å². The van der Waals surface area contributed by atoms with Gasteiger partial charge in [0.2, 0.25) is 6.41 Å². The fourth-order valence-electron chi connectivity index (χ4n) is 3.41. The molecule has 0 unspecified atom stereocenters. The molecule has 0 aliphatic carbocycles. The summed E-state index contributed by atoms with van der Waals surface area (Å²) in [6.07, 6.45) is 4.08. The van der Waals surface area contributed by atoms with E-state index in [0.29, 0.717) is 19.5 Å². The molecule has 152 valence electrons. The molecule has 0 spiro atoms. The van der Waals surface area contributed by atoms with E-state index < -0.39 is 0 Å². The Morgan fingerprint density at radius 1 is 1.03 bits per heavy atom. The number of benzene rings is 1. The number of carbonyl (C=O) groups excluding carboxylic acids is 1. The molecule has 8 nitrogen and oxygen atoms in total. The Kier molecular flexibility index (Phi) is 5.38. The second kappa shape index (κ2) is 8.28. The van der Waals surface area contributed by atoms with Crippen molar-refractivity contribution >= 4 is 23.1 Å². The van der Waals surface area contributed by atoms with Crippen molar-refractivity contribution < 1.29 is 4.79 Å². The molecule has 0 radical (unpaired) electrons. The zero-order valence-corrected chi connectivity index (χ0v) is 17.2. The number of carbonyl (C=O) groups is 1. The average molecular weight is 401 g/mol. The molecule has 0 aliphatic rings. The van der Waals surface area contributed by atoms with Gasteiger partial charge in [0.25, 0.3) is 0 Å². The van der Waals surface area contributed by atoms with Gasteiger partial charge < -0.3 is 10.2 Å². The number of pyridine rings is 1. The maximum atomic E-state index is 10.5. The van der Waals surface area contributed by atoms with Crippen LogP contribution < -0.4 is 10.2 Å². The Bertz CT molecular complexity index is 1200. The number of aromatic nitrogens is 5. The Morgan fingerprint density at radius 2 is 1.87 bits per heavy atom. The summed E-state index contributed by atoms with van der Waals surface area (Å²) in [5.41, 5.74) is 5.65. The van der Waals surface area contributed by atoms with Gasteiger partial charge in [-0.15, -0.1) is 0 Å². The molecule has 1 N–H and O–H groups in total. The first kappa shape index (κ1) is 19.5. The Morgan fingerprint density at radius 3 is 2.67 bits per heavy atom. The normalized spacial score (nSPS) is 10.9. The molecular formula is C22H23N7O. The quantitative estimate of drug-likeness (QED) is 0.378. The summed E-state index contributed by atoms with van der Waals surface area (Å²) in [6, 6.07) is 12.1. The van der Waals surface area contributed by atoms with Gasteiger partial charge in [-0.25, -0.2) is 9.97 Å². The van der Waals surface area contributed by atoms with Gasteiger partial charge >= 0.3 is 0 Å². The number of hydrogen-bond donors (Lipinski definition) is 1. The van der Waals surface area contributed by atoms with Crippen molar-refractivity contribution in [3.8, 4) is 22.5 Å². The van der Waals surface area contributed by atoms with E-state index in [0.717, 1.165) is 44.9 Å². The third-order valence-corrected chi connectivity index (χ3v) is 4.92. The molecule has 0 fully saturated rings. The highest BCUT2D eigenvalue weighted by Crippen LogP contribution is 2.29. The van der Waals surface area contributed by atoms with Gasteiger partial charge in [0, 0.05) is 49.0 Å². The van der Waals surface area contributed by atoms with E-state index >= 15 is 0 Å². The van der Waals surface area contributed by atoms with E-state index in [4.69, 9.17) is 0 Å². The molecule has 0 aliphatic heterocycles. The van der Waals surface area contributed by atoms with Crippen LogP contribution in [0.2, 0.25) is 0 Å². The summed E-state index contributed by atoms with van der Waals surface area (Å²) < 4.78 is 1.89. The highest BCUT2D eigenvalue weighted by molar-refractivity contribution is 5.92. The predicted octanol–water partition coefficient (Wildman–Crippen LogP) is 2.68. The third-order valence-electron chi connectivity index (χ3n) is 4.92. The van der Waals surface area contributed by atoms with Crippen LogP contribution in [-0.2, 0) is 11.3 Å². The molecular weight excluding hydrogens is 378 g/mol. The maximum absolute atomic E-state index is 10.5. The zero-order valence-electron chi connectivity index (χ0n) is 17.2. The zero-order chi connectivity index (χ0) is 21.1. The Labute approximate surface area is 174 Å². The SMILES string of the molecule is Cc1cc(-c2ccnc(-c3ccc4ncnc(N(C)C)c4c3)c2)nn1CCNC=O. The molecule has 0 bridgehead atoms. The minimum absolute atomic E-state index is 0.542. The van der Waals surface area contributed by atoms with E-state index in [9.17, 15) is 4.79 Å². The Balaban J connectivity index is 1.70. The van der Waals surface area contributed by atoms with E-state index in [1.165, 1.54) is 0 Å². The van der Waals surface area contributed by atoms with Crippen molar-refractivity contribution in [1.82, 2.24) is 30.0 Å². The number of hydrogen-bond acceptors (Lipinski definition) is 6. The molecule has 0 saturated carbocycles. The maximum Gasteiger partial charge on any atom is 0.207 e. The lowest BCUT2D eigenvalue weighted by Gasteiger charge is -2.14. The monoisotopic (exact) mass is 401 g/mol. The van der Waals surface area contributed by atoms with E-state index in [-0.39, 0.29) is 0 Å². The third kappa shape index (κ3) is 3.84. The van der Waals surface area contributed by atoms with Gasteiger partial charge in [-0.2, -0.15) is 5.10 Å². The summed E-state index contributed by atoms with van der Waals surface area (Å²) in [5.74, 6) is 0.872.